The number of rotatable bonds is 4. The van der Waals surface area contributed by atoms with Gasteiger partial charge in [0.15, 0.2) is 11.2 Å². The third kappa shape index (κ3) is 3.46. The van der Waals surface area contributed by atoms with Crippen LogP contribution in [0.3, 0.4) is 0 Å². The van der Waals surface area contributed by atoms with Gasteiger partial charge in [-0.3, -0.25) is 13.9 Å². The SMILES string of the molecule is CCCn1c(=O)n(Cc2ccc(Cl)cc2)c(=O)c2c1nc(C(C)(C)C)n2C. The van der Waals surface area contributed by atoms with Crippen molar-refractivity contribution in [3.05, 3.63) is 61.5 Å². The normalized spacial score (nSPS) is 12.1. The van der Waals surface area contributed by atoms with Gasteiger partial charge in [0.2, 0.25) is 0 Å². The number of halogens is 1. The number of aromatic nitrogens is 4. The topological polar surface area (TPSA) is 61.8 Å². The van der Waals surface area contributed by atoms with Crippen molar-refractivity contribution in [1.29, 1.82) is 0 Å². The van der Waals surface area contributed by atoms with Gasteiger partial charge in [0.05, 0.1) is 6.54 Å². The molecule has 0 amide bonds. The average Bonchev–Trinajstić information content (AvgIpc) is 2.95. The molecule has 3 aromatic rings. The Balaban J connectivity index is 2.31. The van der Waals surface area contributed by atoms with Crippen molar-refractivity contribution >= 4 is 22.8 Å². The van der Waals surface area contributed by atoms with Crippen LogP contribution in [-0.2, 0) is 25.6 Å². The van der Waals surface area contributed by atoms with E-state index in [1.807, 2.05) is 51.4 Å². The van der Waals surface area contributed by atoms with E-state index in [1.165, 1.54) is 4.57 Å². The van der Waals surface area contributed by atoms with Gasteiger partial charge in [-0.15, -0.1) is 0 Å². The molecule has 144 valence electrons. The van der Waals surface area contributed by atoms with Crippen LogP contribution >= 0.6 is 11.6 Å². The van der Waals surface area contributed by atoms with Crippen LogP contribution in [0, 0.1) is 0 Å². The maximum absolute atomic E-state index is 13.2. The Morgan fingerprint density at radius 2 is 1.70 bits per heavy atom. The number of fused-ring (bicyclic) bond motifs is 1. The molecule has 0 atom stereocenters. The van der Waals surface area contributed by atoms with E-state index >= 15 is 0 Å². The molecule has 0 radical (unpaired) electrons. The van der Waals surface area contributed by atoms with Gasteiger partial charge in [-0.25, -0.2) is 9.78 Å². The second kappa shape index (κ2) is 7.00. The maximum Gasteiger partial charge on any atom is 0.333 e. The standard InChI is InChI=1S/C20H25ClN4O2/c1-6-11-24-16-15(23(5)18(22-16)20(2,3)4)17(26)25(19(24)27)12-13-7-9-14(21)10-8-13/h7-10H,6,11-12H2,1-5H3. The molecule has 0 fully saturated rings. The fourth-order valence-electron chi connectivity index (χ4n) is 3.37. The third-order valence-electron chi connectivity index (χ3n) is 4.61. The lowest BCUT2D eigenvalue weighted by molar-refractivity contribution is 0.526. The van der Waals surface area contributed by atoms with Crippen molar-refractivity contribution in [3.8, 4) is 0 Å². The fourth-order valence-corrected chi connectivity index (χ4v) is 3.50. The largest absolute Gasteiger partial charge is 0.333 e. The summed E-state index contributed by atoms with van der Waals surface area (Å²) in [6.45, 7) is 8.84. The fraction of sp³-hybridized carbons (Fsp3) is 0.450. The summed E-state index contributed by atoms with van der Waals surface area (Å²) in [6.07, 6.45) is 0.773. The Morgan fingerprint density at radius 1 is 1.07 bits per heavy atom. The molecule has 2 heterocycles. The molecule has 1 aromatic carbocycles. The molecule has 0 aliphatic heterocycles. The first kappa shape index (κ1) is 19.4. The molecule has 6 nitrogen and oxygen atoms in total. The monoisotopic (exact) mass is 388 g/mol. The molecule has 0 unspecified atom stereocenters. The van der Waals surface area contributed by atoms with Crippen molar-refractivity contribution in [2.24, 2.45) is 7.05 Å². The van der Waals surface area contributed by atoms with E-state index in [0.29, 0.717) is 22.7 Å². The highest BCUT2D eigenvalue weighted by molar-refractivity contribution is 6.30. The molecular weight excluding hydrogens is 364 g/mol. The first-order valence-electron chi connectivity index (χ1n) is 9.10. The highest BCUT2D eigenvalue weighted by Gasteiger charge is 2.26. The van der Waals surface area contributed by atoms with Gasteiger partial charge in [-0.1, -0.05) is 51.4 Å². The molecule has 0 spiro atoms. The van der Waals surface area contributed by atoms with E-state index in [0.717, 1.165) is 17.8 Å². The Morgan fingerprint density at radius 3 is 2.26 bits per heavy atom. The molecule has 0 saturated carbocycles. The lowest BCUT2D eigenvalue weighted by atomic mass is 9.96. The molecule has 27 heavy (non-hydrogen) atoms. The molecule has 3 rings (SSSR count). The lowest BCUT2D eigenvalue weighted by Gasteiger charge is -2.17. The molecule has 0 aliphatic carbocycles. The summed E-state index contributed by atoms with van der Waals surface area (Å²) in [7, 11) is 1.84. The predicted octanol–water partition coefficient (Wildman–Crippen LogP) is 3.31. The molecule has 0 bridgehead atoms. The molecule has 2 aromatic heterocycles. The third-order valence-corrected chi connectivity index (χ3v) is 4.87. The smallest absolute Gasteiger partial charge is 0.325 e. The minimum atomic E-state index is -0.331. The maximum atomic E-state index is 13.2. The van der Waals surface area contributed by atoms with Crippen LogP contribution in [0.1, 0.15) is 45.5 Å². The average molecular weight is 389 g/mol. The second-order valence-corrected chi connectivity index (χ2v) is 8.31. The molecular formula is C20H25ClN4O2. The van der Waals surface area contributed by atoms with E-state index in [2.05, 4.69) is 4.98 Å². The van der Waals surface area contributed by atoms with E-state index in [4.69, 9.17) is 11.6 Å². The summed E-state index contributed by atoms with van der Waals surface area (Å²) in [5.74, 6) is 0.781. The predicted molar refractivity (Wildman–Crippen MR) is 109 cm³/mol. The minimum Gasteiger partial charge on any atom is -0.325 e. The minimum absolute atomic E-state index is 0.199. The zero-order valence-electron chi connectivity index (χ0n) is 16.4. The van der Waals surface area contributed by atoms with E-state index in [-0.39, 0.29) is 23.2 Å². The highest BCUT2D eigenvalue weighted by Crippen LogP contribution is 2.23. The van der Waals surface area contributed by atoms with Gasteiger partial charge in [0.1, 0.15) is 5.82 Å². The van der Waals surface area contributed by atoms with Crippen LogP contribution in [0.5, 0.6) is 0 Å². The zero-order valence-corrected chi connectivity index (χ0v) is 17.2. The van der Waals surface area contributed by atoms with Crippen LogP contribution in [0.15, 0.2) is 33.9 Å². The summed E-state index contributed by atoms with van der Waals surface area (Å²) in [6, 6.07) is 7.17. The summed E-state index contributed by atoms with van der Waals surface area (Å²) in [4.78, 5) is 31.0. The van der Waals surface area contributed by atoms with Crippen LogP contribution in [0.4, 0.5) is 0 Å². The Hall–Kier alpha value is -2.34. The van der Waals surface area contributed by atoms with Gasteiger partial charge in [0.25, 0.3) is 5.56 Å². The number of nitrogens with zero attached hydrogens (tertiary/aromatic N) is 4. The lowest BCUT2D eigenvalue weighted by Crippen LogP contribution is -2.40. The first-order valence-corrected chi connectivity index (χ1v) is 9.48. The van der Waals surface area contributed by atoms with Crippen LogP contribution in [0.2, 0.25) is 5.02 Å². The number of hydrogen-bond acceptors (Lipinski definition) is 3. The quantitative estimate of drug-likeness (QED) is 0.688. The van der Waals surface area contributed by atoms with E-state index < -0.39 is 0 Å². The van der Waals surface area contributed by atoms with Gasteiger partial charge in [-0.05, 0) is 24.1 Å². The van der Waals surface area contributed by atoms with Crippen LogP contribution in [0.25, 0.3) is 11.2 Å². The van der Waals surface area contributed by atoms with Crippen molar-refractivity contribution in [3.63, 3.8) is 0 Å². The summed E-state index contributed by atoms with van der Waals surface area (Å²) in [5, 5.41) is 0.617. The van der Waals surface area contributed by atoms with Crippen molar-refractivity contribution < 1.29 is 0 Å². The van der Waals surface area contributed by atoms with Crippen molar-refractivity contribution in [2.75, 3.05) is 0 Å². The number of imidazole rings is 1. The van der Waals surface area contributed by atoms with Gasteiger partial charge < -0.3 is 4.57 Å². The number of benzene rings is 1. The summed E-state index contributed by atoms with van der Waals surface area (Å²) < 4.78 is 4.72. The molecule has 7 heteroatoms. The van der Waals surface area contributed by atoms with E-state index in [1.54, 1.807) is 16.7 Å². The molecule has 0 N–H and O–H groups in total. The van der Waals surface area contributed by atoms with Crippen LogP contribution in [-0.4, -0.2) is 18.7 Å². The summed E-state index contributed by atoms with van der Waals surface area (Å²) >= 11 is 5.94. The van der Waals surface area contributed by atoms with Crippen LogP contribution < -0.4 is 11.2 Å². The first-order chi connectivity index (χ1) is 12.6. The van der Waals surface area contributed by atoms with Gasteiger partial charge in [-0.2, -0.15) is 0 Å². The molecule has 0 aliphatic rings. The number of aryl methyl sites for hydroxylation is 2. The summed E-state index contributed by atoms with van der Waals surface area (Å²) in [5.41, 5.74) is 0.882. The number of hydrogen-bond donors (Lipinski definition) is 0. The molecule has 0 saturated heterocycles. The van der Waals surface area contributed by atoms with Gasteiger partial charge in [0, 0.05) is 24.0 Å². The second-order valence-electron chi connectivity index (χ2n) is 7.87. The Kier molecular flexibility index (Phi) is 5.04. The van der Waals surface area contributed by atoms with Crippen molar-refractivity contribution in [2.45, 2.75) is 52.6 Å². The van der Waals surface area contributed by atoms with Crippen molar-refractivity contribution in [1.82, 2.24) is 18.7 Å². The van der Waals surface area contributed by atoms with E-state index in [9.17, 15) is 9.59 Å². The van der Waals surface area contributed by atoms with Gasteiger partial charge >= 0.3 is 5.69 Å². The zero-order chi connectivity index (χ0) is 19.9. The Bertz CT molecular complexity index is 1100. The highest BCUT2D eigenvalue weighted by atomic mass is 35.5. The Labute approximate surface area is 163 Å².